The van der Waals surface area contributed by atoms with Crippen molar-refractivity contribution < 1.29 is 18.4 Å². The molecule has 1 heterocycles. The van der Waals surface area contributed by atoms with Crippen LogP contribution in [0, 0.1) is 23.0 Å². The molecule has 27 heavy (non-hydrogen) atoms. The fourth-order valence-electron chi connectivity index (χ4n) is 3.49. The monoisotopic (exact) mass is 392 g/mol. The van der Waals surface area contributed by atoms with E-state index < -0.39 is 23.4 Å². The summed E-state index contributed by atoms with van der Waals surface area (Å²) in [4.78, 5) is 25.5. The highest BCUT2D eigenvalue weighted by molar-refractivity contribution is 7.17. The molecule has 1 aliphatic rings. The number of primary amides is 1. The second-order valence-corrected chi connectivity index (χ2v) is 9.07. The minimum atomic E-state index is -1.10. The van der Waals surface area contributed by atoms with Crippen LogP contribution in [0.4, 0.5) is 13.8 Å². The topological polar surface area (TPSA) is 72.2 Å². The number of nitrogens with one attached hydrogen (secondary N) is 1. The number of amides is 2. The summed E-state index contributed by atoms with van der Waals surface area (Å²) in [5.74, 6) is -2.86. The number of carbonyl (C=O) groups is 2. The third kappa shape index (κ3) is 3.88. The average molecular weight is 392 g/mol. The lowest BCUT2D eigenvalue weighted by Gasteiger charge is -2.33. The summed E-state index contributed by atoms with van der Waals surface area (Å²) in [5, 5.41) is 3.03. The molecular formula is C20H22F2N2O2S. The van der Waals surface area contributed by atoms with Crippen LogP contribution in [0.2, 0.25) is 0 Å². The van der Waals surface area contributed by atoms with Crippen LogP contribution >= 0.6 is 11.3 Å². The van der Waals surface area contributed by atoms with Gasteiger partial charge in [-0.15, -0.1) is 11.3 Å². The predicted octanol–water partition coefficient (Wildman–Crippen LogP) is 4.53. The van der Waals surface area contributed by atoms with E-state index in [1.807, 2.05) is 0 Å². The van der Waals surface area contributed by atoms with Crippen molar-refractivity contribution in [3.63, 3.8) is 0 Å². The number of carbonyl (C=O) groups excluding carboxylic acids is 2. The molecule has 1 aromatic heterocycles. The molecule has 144 valence electrons. The number of rotatable bonds is 3. The quantitative estimate of drug-likeness (QED) is 0.806. The van der Waals surface area contributed by atoms with Crippen LogP contribution in [0.5, 0.6) is 0 Å². The van der Waals surface area contributed by atoms with Gasteiger partial charge >= 0.3 is 0 Å². The first-order valence-electron chi connectivity index (χ1n) is 8.78. The van der Waals surface area contributed by atoms with Crippen molar-refractivity contribution in [2.24, 2.45) is 17.1 Å². The molecule has 7 heteroatoms. The lowest BCUT2D eigenvalue weighted by molar-refractivity contribution is 0.1000. The molecule has 1 unspecified atom stereocenters. The van der Waals surface area contributed by atoms with Crippen LogP contribution in [0.25, 0.3) is 0 Å². The first-order chi connectivity index (χ1) is 12.6. The Hall–Kier alpha value is -2.28. The minimum absolute atomic E-state index is 0.0248. The van der Waals surface area contributed by atoms with E-state index in [1.54, 1.807) is 0 Å². The van der Waals surface area contributed by atoms with Crippen molar-refractivity contribution in [3.05, 3.63) is 51.4 Å². The normalized spacial score (nSPS) is 16.7. The van der Waals surface area contributed by atoms with Gasteiger partial charge in [0.05, 0.1) is 5.56 Å². The van der Waals surface area contributed by atoms with E-state index >= 15 is 0 Å². The Morgan fingerprint density at radius 2 is 1.93 bits per heavy atom. The molecule has 0 aliphatic heterocycles. The summed E-state index contributed by atoms with van der Waals surface area (Å²) in [5.41, 5.74) is 6.92. The van der Waals surface area contributed by atoms with Crippen LogP contribution in [0.15, 0.2) is 18.2 Å². The van der Waals surface area contributed by atoms with Gasteiger partial charge in [-0.2, -0.15) is 0 Å². The van der Waals surface area contributed by atoms with E-state index in [0.717, 1.165) is 41.8 Å². The van der Waals surface area contributed by atoms with Crippen LogP contribution in [-0.4, -0.2) is 11.8 Å². The molecule has 1 aromatic carbocycles. The van der Waals surface area contributed by atoms with Gasteiger partial charge in [0.1, 0.15) is 5.00 Å². The van der Waals surface area contributed by atoms with Crippen molar-refractivity contribution >= 4 is 28.2 Å². The molecule has 1 atom stereocenters. The second kappa shape index (κ2) is 7.03. The molecule has 0 saturated carbocycles. The van der Waals surface area contributed by atoms with E-state index in [-0.39, 0.29) is 11.0 Å². The number of thiophene rings is 1. The molecule has 0 saturated heterocycles. The van der Waals surface area contributed by atoms with E-state index in [4.69, 9.17) is 5.73 Å². The van der Waals surface area contributed by atoms with Gasteiger partial charge < -0.3 is 11.1 Å². The number of halogens is 2. The fourth-order valence-corrected chi connectivity index (χ4v) is 4.81. The zero-order valence-corrected chi connectivity index (χ0v) is 16.3. The Bertz CT molecular complexity index is 915. The molecule has 4 nitrogen and oxygen atoms in total. The molecule has 0 fully saturated rings. The van der Waals surface area contributed by atoms with Crippen LogP contribution in [0.1, 0.15) is 58.3 Å². The Morgan fingerprint density at radius 1 is 1.22 bits per heavy atom. The number of anilines is 1. The Morgan fingerprint density at radius 3 is 2.52 bits per heavy atom. The predicted molar refractivity (Wildman–Crippen MR) is 102 cm³/mol. The van der Waals surface area contributed by atoms with Crippen molar-refractivity contribution in [2.45, 2.75) is 40.0 Å². The first kappa shape index (κ1) is 19.5. The Balaban J connectivity index is 1.92. The molecule has 2 amide bonds. The number of nitrogens with two attached hydrogens (primary N) is 1. The van der Waals surface area contributed by atoms with Gasteiger partial charge in [0, 0.05) is 10.4 Å². The maximum atomic E-state index is 13.4. The highest BCUT2D eigenvalue weighted by Crippen LogP contribution is 2.44. The van der Waals surface area contributed by atoms with Gasteiger partial charge in [-0.25, -0.2) is 8.78 Å². The summed E-state index contributed by atoms with van der Waals surface area (Å²) in [6.45, 7) is 6.57. The SMILES string of the molecule is CC(C)(C)C1CCc2c(sc(NC(=O)c3ccc(F)c(F)c3)c2C(N)=O)C1. The fraction of sp³-hybridized carbons (Fsp3) is 0.400. The van der Waals surface area contributed by atoms with Gasteiger partial charge in [-0.05, 0) is 54.4 Å². The Kier molecular flexibility index (Phi) is 5.08. The summed E-state index contributed by atoms with van der Waals surface area (Å²) in [6.07, 6.45) is 2.50. The summed E-state index contributed by atoms with van der Waals surface area (Å²) < 4.78 is 26.5. The maximum absolute atomic E-state index is 13.4. The first-order valence-corrected chi connectivity index (χ1v) is 9.60. The molecule has 2 aromatic rings. The van der Waals surface area contributed by atoms with E-state index in [9.17, 15) is 18.4 Å². The zero-order valence-electron chi connectivity index (χ0n) is 15.5. The van der Waals surface area contributed by atoms with Crippen LogP contribution in [-0.2, 0) is 12.8 Å². The van der Waals surface area contributed by atoms with Gasteiger partial charge in [-0.1, -0.05) is 20.8 Å². The van der Waals surface area contributed by atoms with Crippen molar-refractivity contribution in [3.8, 4) is 0 Å². The molecule has 3 N–H and O–H groups in total. The van der Waals surface area contributed by atoms with E-state index in [2.05, 4.69) is 26.1 Å². The van der Waals surface area contributed by atoms with Gasteiger partial charge in [0.25, 0.3) is 11.8 Å². The van der Waals surface area contributed by atoms with Crippen molar-refractivity contribution in [1.82, 2.24) is 0 Å². The van der Waals surface area contributed by atoms with Crippen molar-refractivity contribution in [2.75, 3.05) is 5.32 Å². The summed E-state index contributed by atoms with van der Waals surface area (Å²) in [6, 6.07) is 2.92. The van der Waals surface area contributed by atoms with Gasteiger partial charge in [0.2, 0.25) is 0 Å². The third-order valence-corrected chi connectivity index (χ3v) is 6.32. The standard InChI is InChI=1S/C20H22F2N2O2S/c1-20(2,3)11-5-6-12-15(9-11)27-19(16(12)17(23)25)24-18(26)10-4-7-13(21)14(22)8-10/h4,7-8,11H,5-6,9H2,1-3H3,(H2,23,25)(H,24,26). The number of hydrogen-bond donors (Lipinski definition) is 2. The lowest BCUT2D eigenvalue weighted by Crippen LogP contribution is -2.27. The smallest absolute Gasteiger partial charge is 0.256 e. The second-order valence-electron chi connectivity index (χ2n) is 7.96. The number of hydrogen-bond acceptors (Lipinski definition) is 3. The van der Waals surface area contributed by atoms with Crippen molar-refractivity contribution in [1.29, 1.82) is 0 Å². The molecule has 1 aliphatic carbocycles. The highest BCUT2D eigenvalue weighted by atomic mass is 32.1. The average Bonchev–Trinajstić information content (AvgIpc) is 2.93. The van der Waals surface area contributed by atoms with Crippen LogP contribution < -0.4 is 11.1 Å². The highest BCUT2D eigenvalue weighted by Gasteiger charge is 2.33. The molecule has 3 rings (SSSR count). The molecule has 0 spiro atoms. The summed E-state index contributed by atoms with van der Waals surface area (Å²) in [7, 11) is 0. The molecular weight excluding hydrogens is 370 g/mol. The number of fused-ring (bicyclic) bond motifs is 1. The molecule has 0 radical (unpaired) electrons. The molecule has 0 bridgehead atoms. The lowest BCUT2D eigenvalue weighted by atomic mass is 9.72. The largest absolute Gasteiger partial charge is 0.365 e. The van der Waals surface area contributed by atoms with Gasteiger partial charge in [-0.3, -0.25) is 9.59 Å². The maximum Gasteiger partial charge on any atom is 0.256 e. The zero-order chi connectivity index (χ0) is 19.9. The van der Waals surface area contributed by atoms with Crippen LogP contribution in [0.3, 0.4) is 0 Å². The summed E-state index contributed by atoms with van der Waals surface area (Å²) >= 11 is 1.34. The minimum Gasteiger partial charge on any atom is -0.365 e. The van der Waals surface area contributed by atoms with E-state index in [1.165, 1.54) is 17.4 Å². The Labute approximate surface area is 160 Å². The van der Waals surface area contributed by atoms with Gasteiger partial charge in [0.15, 0.2) is 11.6 Å². The number of benzene rings is 1. The van der Waals surface area contributed by atoms with E-state index in [0.29, 0.717) is 16.5 Å². The third-order valence-electron chi connectivity index (χ3n) is 5.15.